The molecule has 8 heteroatoms. The summed E-state index contributed by atoms with van der Waals surface area (Å²) in [4.78, 5) is 23.5. The van der Waals surface area contributed by atoms with Gasteiger partial charge in [-0.25, -0.2) is 10.2 Å². The van der Waals surface area contributed by atoms with Crippen molar-refractivity contribution in [2.45, 2.75) is 13.3 Å². The van der Waals surface area contributed by atoms with Crippen LogP contribution in [0.5, 0.6) is 11.5 Å². The summed E-state index contributed by atoms with van der Waals surface area (Å²) in [6.07, 6.45) is 2.08. The average molecular weight is 435 g/mol. The molecule has 0 unspecified atom stereocenters. The molecular formula is C19H19BrN2O5. The first-order valence-corrected chi connectivity index (χ1v) is 8.99. The van der Waals surface area contributed by atoms with Gasteiger partial charge < -0.3 is 14.6 Å². The molecule has 2 rings (SSSR count). The molecule has 0 heterocycles. The highest BCUT2D eigenvalue weighted by atomic mass is 79.9. The monoisotopic (exact) mass is 434 g/mol. The highest BCUT2D eigenvalue weighted by Gasteiger charge is 2.07. The van der Waals surface area contributed by atoms with Crippen LogP contribution >= 0.6 is 15.9 Å². The maximum absolute atomic E-state index is 11.8. The molecule has 0 aromatic heterocycles. The Bertz CT molecular complexity index is 821. The Hall–Kier alpha value is -2.87. The van der Waals surface area contributed by atoms with Gasteiger partial charge in [0.25, 0.3) is 5.91 Å². The zero-order chi connectivity index (χ0) is 19.6. The number of nitrogens with one attached hydrogen (secondary N) is 1. The fraction of sp³-hybridized carbons (Fsp3) is 0.211. The molecule has 0 radical (unpaired) electrons. The minimum atomic E-state index is -0.466. The standard InChI is InChI=1S/C19H19BrN2O5/c1-2-9-26-19(25)13-3-6-16(7-4-13)27-12-18(24)22-21-11-14-10-15(20)5-8-17(14)23/h3-8,10-11,23H,2,9,12H2,1H3,(H,22,24)/b21-11+. The number of hydrazone groups is 1. The number of phenolic OH excluding ortho intramolecular Hbond substituents is 1. The van der Waals surface area contributed by atoms with Crippen molar-refractivity contribution >= 4 is 34.0 Å². The van der Waals surface area contributed by atoms with Crippen LogP contribution in [0.3, 0.4) is 0 Å². The number of amides is 1. The molecule has 0 bridgehead atoms. The molecule has 1 amide bonds. The van der Waals surface area contributed by atoms with Gasteiger partial charge in [0.1, 0.15) is 11.5 Å². The van der Waals surface area contributed by atoms with Gasteiger partial charge in [0.2, 0.25) is 0 Å². The van der Waals surface area contributed by atoms with Gasteiger partial charge in [0, 0.05) is 10.0 Å². The Morgan fingerprint density at radius 1 is 1.22 bits per heavy atom. The van der Waals surface area contributed by atoms with Crippen LogP contribution in [-0.4, -0.2) is 36.4 Å². The molecule has 2 aromatic rings. The fourth-order valence-corrected chi connectivity index (χ4v) is 2.33. The van der Waals surface area contributed by atoms with Crippen LogP contribution in [0.15, 0.2) is 52.0 Å². The number of carbonyl (C=O) groups is 2. The van der Waals surface area contributed by atoms with E-state index in [0.717, 1.165) is 10.9 Å². The number of hydrogen-bond donors (Lipinski definition) is 2. The van der Waals surface area contributed by atoms with Crippen molar-refractivity contribution in [3.05, 3.63) is 58.1 Å². The molecule has 2 aromatic carbocycles. The molecule has 7 nitrogen and oxygen atoms in total. The first kappa shape index (κ1) is 20.4. The normalized spacial score (nSPS) is 10.6. The lowest BCUT2D eigenvalue weighted by molar-refractivity contribution is -0.123. The van der Waals surface area contributed by atoms with Crippen molar-refractivity contribution in [2.24, 2.45) is 5.10 Å². The van der Waals surface area contributed by atoms with E-state index in [1.54, 1.807) is 36.4 Å². The third kappa shape index (κ3) is 6.74. The van der Waals surface area contributed by atoms with Crippen molar-refractivity contribution in [1.29, 1.82) is 0 Å². The van der Waals surface area contributed by atoms with Gasteiger partial charge in [-0.1, -0.05) is 22.9 Å². The first-order valence-electron chi connectivity index (χ1n) is 8.20. The second-order valence-electron chi connectivity index (χ2n) is 5.45. The van der Waals surface area contributed by atoms with Crippen molar-refractivity contribution in [1.82, 2.24) is 5.43 Å². The van der Waals surface area contributed by atoms with Gasteiger partial charge >= 0.3 is 5.97 Å². The molecule has 0 aliphatic heterocycles. The van der Waals surface area contributed by atoms with E-state index in [2.05, 4.69) is 26.5 Å². The van der Waals surface area contributed by atoms with Crippen LogP contribution < -0.4 is 10.2 Å². The summed E-state index contributed by atoms with van der Waals surface area (Å²) in [5, 5.41) is 13.5. The summed E-state index contributed by atoms with van der Waals surface area (Å²) in [7, 11) is 0. The molecule has 0 aliphatic rings. The molecule has 142 valence electrons. The van der Waals surface area contributed by atoms with E-state index >= 15 is 0 Å². The third-order valence-electron chi connectivity index (χ3n) is 3.28. The summed E-state index contributed by atoms with van der Waals surface area (Å²) in [5.74, 6) is -0.380. The second-order valence-corrected chi connectivity index (χ2v) is 6.36. The minimum absolute atomic E-state index is 0.0463. The number of hydrogen-bond acceptors (Lipinski definition) is 6. The minimum Gasteiger partial charge on any atom is -0.507 e. The first-order chi connectivity index (χ1) is 13.0. The third-order valence-corrected chi connectivity index (χ3v) is 3.77. The summed E-state index contributed by atoms with van der Waals surface area (Å²) >= 11 is 3.29. The number of esters is 1. The Labute approximate surface area is 165 Å². The number of carbonyl (C=O) groups excluding carboxylic acids is 2. The lowest BCUT2D eigenvalue weighted by Crippen LogP contribution is -2.24. The summed E-state index contributed by atoms with van der Waals surface area (Å²) < 4.78 is 11.1. The number of nitrogens with zero attached hydrogens (tertiary/aromatic N) is 1. The zero-order valence-electron chi connectivity index (χ0n) is 14.6. The van der Waals surface area contributed by atoms with Gasteiger partial charge in [-0.15, -0.1) is 0 Å². The van der Waals surface area contributed by atoms with Crippen molar-refractivity contribution < 1.29 is 24.2 Å². The lowest BCUT2D eigenvalue weighted by atomic mass is 10.2. The van der Waals surface area contributed by atoms with E-state index in [1.165, 1.54) is 12.3 Å². The fourth-order valence-electron chi connectivity index (χ4n) is 1.95. The molecule has 0 spiro atoms. The SMILES string of the molecule is CCCOC(=O)c1ccc(OCC(=O)N/N=C/c2cc(Br)ccc2O)cc1. The van der Waals surface area contributed by atoms with Crippen LogP contribution in [0.1, 0.15) is 29.3 Å². The van der Waals surface area contributed by atoms with E-state index in [1.807, 2.05) is 6.92 Å². The van der Waals surface area contributed by atoms with Crippen molar-refractivity contribution in [3.63, 3.8) is 0 Å². The highest BCUT2D eigenvalue weighted by Crippen LogP contribution is 2.19. The van der Waals surface area contributed by atoms with Crippen LogP contribution in [0.25, 0.3) is 0 Å². The lowest BCUT2D eigenvalue weighted by Gasteiger charge is -2.06. The van der Waals surface area contributed by atoms with E-state index in [0.29, 0.717) is 23.5 Å². The number of rotatable bonds is 8. The second kappa shape index (κ2) is 10.3. The van der Waals surface area contributed by atoms with Crippen LogP contribution in [0.2, 0.25) is 0 Å². The summed E-state index contributed by atoms with van der Waals surface area (Å²) in [5.41, 5.74) is 3.18. The molecular weight excluding hydrogens is 416 g/mol. The summed E-state index contributed by atoms with van der Waals surface area (Å²) in [6, 6.07) is 11.2. The predicted molar refractivity (Wildman–Crippen MR) is 104 cm³/mol. The van der Waals surface area contributed by atoms with Gasteiger partial charge in [-0.3, -0.25) is 4.79 Å². The number of phenols is 1. The molecule has 2 N–H and O–H groups in total. The maximum atomic E-state index is 11.8. The van der Waals surface area contributed by atoms with E-state index in [-0.39, 0.29) is 12.4 Å². The largest absolute Gasteiger partial charge is 0.507 e. The maximum Gasteiger partial charge on any atom is 0.338 e. The smallest absolute Gasteiger partial charge is 0.338 e. The van der Waals surface area contributed by atoms with E-state index < -0.39 is 11.9 Å². The number of halogens is 1. The van der Waals surface area contributed by atoms with Gasteiger partial charge in [0.05, 0.1) is 18.4 Å². The Balaban J connectivity index is 1.80. The van der Waals surface area contributed by atoms with Crippen molar-refractivity contribution in [3.8, 4) is 11.5 Å². The quantitative estimate of drug-likeness (QED) is 0.377. The molecule has 0 atom stereocenters. The Morgan fingerprint density at radius 2 is 1.96 bits per heavy atom. The molecule has 0 saturated heterocycles. The highest BCUT2D eigenvalue weighted by molar-refractivity contribution is 9.10. The number of ether oxygens (including phenoxy) is 2. The Morgan fingerprint density at radius 3 is 2.67 bits per heavy atom. The van der Waals surface area contributed by atoms with Crippen LogP contribution in [-0.2, 0) is 9.53 Å². The van der Waals surface area contributed by atoms with Gasteiger partial charge in [-0.05, 0) is 48.9 Å². The van der Waals surface area contributed by atoms with Crippen molar-refractivity contribution in [2.75, 3.05) is 13.2 Å². The van der Waals surface area contributed by atoms with Crippen LogP contribution in [0, 0.1) is 0 Å². The van der Waals surface area contributed by atoms with Crippen LogP contribution in [0.4, 0.5) is 0 Å². The van der Waals surface area contributed by atoms with Gasteiger partial charge in [-0.2, -0.15) is 5.10 Å². The topological polar surface area (TPSA) is 97.2 Å². The zero-order valence-corrected chi connectivity index (χ0v) is 16.2. The molecule has 0 fully saturated rings. The number of aromatic hydroxyl groups is 1. The van der Waals surface area contributed by atoms with E-state index in [9.17, 15) is 14.7 Å². The molecule has 27 heavy (non-hydrogen) atoms. The average Bonchev–Trinajstić information content (AvgIpc) is 2.67. The Kier molecular flexibility index (Phi) is 7.81. The predicted octanol–water partition coefficient (Wildman–Crippen LogP) is 3.25. The number of benzene rings is 2. The van der Waals surface area contributed by atoms with E-state index in [4.69, 9.17) is 9.47 Å². The van der Waals surface area contributed by atoms with Gasteiger partial charge in [0.15, 0.2) is 6.61 Å². The molecule has 0 aliphatic carbocycles. The molecule has 0 saturated carbocycles. The summed E-state index contributed by atoms with van der Waals surface area (Å²) in [6.45, 7) is 2.04.